The van der Waals surface area contributed by atoms with Crippen LogP contribution < -0.4 is 20.0 Å². The summed E-state index contributed by atoms with van der Waals surface area (Å²) in [6.45, 7) is 9.14. The van der Waals surface area contributed by atoms with Gasteiger partial charge in [0.25, 0.3) is 5.91 Å². The van der Waals surface area contributed by atoms with E-state index in [9.17, 15) is 23.1 Å². The van der Waals surface area contributed by atoms with Gasteiger partial charge in [-0.3, -0.25) is 9.78 Å². The van der Waals surface area contributed by atoms with Crippen molar-refractivity contribution >= 4 is 60.5 Å². The number of nitrogens with zero attached hydrogens (tertiary/aromatic N) is 4. The number of hydrogen-bond donors (Lipinski definition) is 2. The van der Waals surface area contributed by atoms with Gasteiger partial charge < -0.3 is 48.8 Å². The van der Waals surface area contributed by atoms with E-state index in [2.05, 4.69) is 93.3 Å². The third kappa shape index (κ3) is 10.9. The van der Waals surface area contributed by atoms with E-state index < -0.39 is 17.8 Å². The Balaban J connectivity index is 0.000000148. The predicted molar refractivity (Wildman–Crippen MR) is 266 cm³/mol. The lowest BCUT2D eigenvalue weighted by molar-refractivity contribution is -0.141. The summed E-state index contributed by atoms with van der Waals surface area (Å²) in [6.07, 6.45) is -1.15. The predicted octanol–water partition coefficient (Wildman–Crippen LogP) is 10.5. The number of aliphatic hydroxyl groups is 1. The molecule has 12 nitrogen and oxygen atoms in total. The van der Waals surface area contributed by atoms with Gasteiger partial charge in [0.05, 0.1) is 76.1 Å². The van der Waals surface area contributed by atoms with E-state index >= 15 is 0 Å². The molecule has 17 heteroatoms. The van der Waals surface area contributed by atoms with Crippen LogP contribution in [-0.4, -0.2) is 108 Å². The molecule has 0 radical (unpaired) electrons. The smallest absolute Gasteiger partial charge is 0.388 e. The molecule has 5 aromatic rings. The highest BCUT2D eigenvalue weighted by molar-refractivity contribution is 9.10. The molecule has 366 valence electrons. The normalized spacial score (nSPS) is 23.5. The molecular weight excluding hydrogens is 1020 g/mol. The Morgan fingerprint density at radius 3 is 1.78 bits per heavy atom. The number of ether oxygens (including phenoxy) is 5. The first-order chi connectivity index (χ1) is 33.3. The number of fused-ring (bicyclic) bond motifs is 9. The van der Waals surface area contributed by atoms with Crippen molar-refractivity contribution in [1.82, 2.24) is 4.98 Å². The second-order valence-electron chi connectivity index (χ2n) is 18.0. The van der Waals surface area contributed by atoms with Gasteiger partial charge in [0.15, 0.2) is 0 Å². The Morgan fingerprint density at radius 2 is 1.22 bits per heavy atom. The van der Waals surface area contributed by atoms with Gasteiger partial charge in [-0.15, -0.1) is 0 Å². The van der Waals surface area contributed by atoms with E-state index in [1.165, 1.54) is 17.3 Å². The molecule has 6 aliphatic rings. The molecule has 6 aliphatic heterocycles. The van der Waals surface area contributed by atoms with Gasteiger partial charge in [-0.2, -0.15) is 13.2 Å². The molecule has 7 heterocycles. The molecule has 1 amide bonds. The van der Waals surface area contributed by atoms with E-state index in [-0.39, 0.29) is 29.9 Å². The lowest BCUT2D eigenvalue weighted by Gasteiger charge is -2.44. The standard InChI is InChI=1S/C27H26F3N3O3.C13H16BrNO2.C12H14BrNO2/c1-16-3-5-19(32-26(34)18-7-8-31-25(12-18)27(28,29)30)13-22(16)17-4-6-21-23(11-17)33-9-10-36-15-20(33)14-24(21)35-2;1-16-13-7-10-8-17-5-4-15(10)12-6-9(14)2-3-11(12)13;13-8-1-2-10-11(5-8)14-3-4-16-7-9(14)6-12(10)15/h3-8,11-13,20,24H,9-10,14-15H2,1-2H3,(H,32,34);2-3,6,10,13H,4-5,7-8H2,1H3;1-2,5,9,12,15H,3-4,6-7H2. The summed E-state index contributed by atoms with van der Waals surface area (Å²) in [6, 6.07) is 27.3. The number of alkyl halides is 3. The van der Waals surface area contributed by atoms with Crippen LogP contribution in [-0.2, 0) is 29.9 Å². The SMILES string of the molecule is COC1CC2COCCN2c2cc(-c3cc(NC(=O)c4ccnc(C(F)(F)F)c4)ccc3C)ccc21.COC1CC2COCCN2c2cc(Br)ccc21.OC1CC2COCCN2c2cc(Br)ccc21. The molecular formula is C52H56Br2F3N5O7. The zero-order chi connectivity index (χ0) is 48.4. The number of pyridine rings is 1. The topological polar surface area (TPSA) is 118 Å². The van der Waals surface area contributed by atoms with E-state index in [1.807, 2.05) is 37.3 Å². The van der Waals surface area contributed by atoms with Crippen molar-refractivity contribution in [3.63, 3.8) is 0 Å². The summed E-state index contributed by atoms with van der Waals surface area (Å²) < 4.78 is 69.3. The lowest BCUT2D eigenvalue weighted by atomic mass is 9.89. The average Bonchev–Trinajstić information content (AvgIpc) is 3.36. The van der Waals surface area contributed by atoms with E-state index in [0.29, 0.717) is 31.0 Å². The third-order valence-corrected chi connectivity index (χ3v) is 14.8. The van der Waals surface area contributed by atoms with Gasteiger partial charge in [0.2, 0.25) is 0 Å². The Morgan fingerprint density at radius 1 is 0.696 bits per heavy atom. The minimum Gasteiger partial charge on any atom is -0.388 e. The van der Waals surface area contributed by atoms with Crippen LogP contribution in [0, 0.1) is 6.92 Å². The van der Waals surface area contributed by atoms with Crippen LogP contribution in [0.5, 0.6) is 0 Å². The quantitative estimate of drug-likeness (QED) is 0.175. The zero-order valence-corrected chi connectivity index (χ0v) is 41.9. The van der Waals surface area contributed by atoms with Gasteiger partial charge in [0.1, 0.15) is 5.69 Å². The van der Waals surface area contributed by atoms with Gasteiger partial charge in [0, 0.05) is 113 Å². The molecule has 69 heavy (non-hydrogen) atoms. The number of halogens is 5. The molecule has 6 unspecified atom stereocenters. The Kier molecular flexibility index (Phi) is 15.3. The zero-order valence-electron chi connectivity index (χ0n) is 38.7. The fourth-order valence-corrected chi connectivity index (χ4v) is 11.0. The fraction of sp³-hybridized carbons (Fsp3) is 0.423. The number of hydrogen-bond acceptors (Lipinski definition) is 11. The van der Waals surface area contributed by atoms with Crippen molar-refractivity contribution in [2.24, 2.45) is 0 Å². The number of benzene rings is 4. The second-order valence-corrected chi connectivity index (χ2v) is 19.9. The summed E-state index contributed by atoms with van der Waals surface area (Å²) >= 11 is 7.04. The molecule has 0 spiro atoms. The summed E-state index contributed by atoms with van der Waals surface area (Å²) in [5.74, 6) is -0.637. The van der Waals surface area contributed by atoms with Crippen LogP contribution in [0.2, 0.25) is 0 Å². The van der Waals surface area contributed by atoms with E-state index in [1.54, 1.807) is 20.3 Å². The minimum absolute atomic E-state index is 0.00864. The lowest BCUT2D eigenvalue weighted by Crippen LogP contribution is -2.49. The van der Waals surface area contributed by atoms with Crippen molar-refractivity contribution < 1.29 is 46.8 Å². The van der Waals surface area contributed by atoms with Crippen molar-refractivity contribution in [3.8, 4) is 11.1 Å². The van der Waals surface area contributed by atoms with E-state index in [4.69, 9.17) is 23.7 Å². The maximum atomic E-state index is 13.0. The maximum absolute atomic E-state index is 13.0. The number of nitrogens with one attached hydrogen (secondary N) is 1. The van der Waals surface area contributed by atoms with Crippen LogP contribution in [0.1, 0.15) is 75.9 Å². The molecule has 11 rings (SSSR count). The monoisotopic (exact) mass is 1080 g/mol. The van der Waals surface area contributed by atoms with Crippen LogP contribution in [0.4, 0.5) is 35.9 Å². The van der Waals surface area contributed by atoms with Gasteiger partial charge in [-0.25, -0.2) is 0 Å². The molecule has 3 saturated heterocycles. The van der Waals surface area contributed by atoms with Crippen LogP contribution in [0.25, 0.3) is 11.1 Å². The molecule has 3 fully saturated rings. The molecule has 1 aromatic heterocycles. The van der Waals surface area contributed by atoms with Gasteiger partial charge >= 0.3 is 6.18 Å². The third-order valence-electron chi connectivity index (χ3n) is 13.8. The molecule has 4 aromatic carbocycles. The average molecular weight is 1080 g/mol. The fourth-order valence-electron chi connectivity index (χ4n) is 10.3. The van der Waals surface area contributed by atoms with Crippen molar-refractivity contribution in [2.75, 3.05) is 93.5 Å². The molecule has 0 bridgehead atoms. The number of methoxy groups -OCH3 is 2. The summed E-state index contributed by atoms with van der Waals surface area (Å²) in [5, 5.41) is 12.8. The number of aromatic nitrogens is 1. The summed E-state index contributed by atoms with van der Waals surface area (Å²) in [7, 11) is 3.51. The molecule has 6 atom stereocenters. The minimum atomic E-state index is -4.62. The number of morpholine rings is 3. The van der Waals surface area contributed by atoms with Gasteiger partial charge in [-0.1, -0.05) is 62.2 Å². The first-order valence-corrected chi connectivity index (χ1v) is 24.8. The molecule has 0 aliphatic carbocycles. The van der Waals surface area contributed by atoms with Crippen LogP contribution in [0.3, 0.4) is 0 Å². The highest BCUT2D eigenvalue weighted by Gasteiger charge is 2.37. The Labute approximate surface area is 417 Å². The Hall–Kier alpha value is -4.59. The first kappa shape index (κ1) is 49.4. The molecule has 2 N–H and O–H groups in total. The number of amides is 1. The number of anilines is 4. The Bertz CT molecular complexity index is 2640. The van der Waals surface area contributed by atoms with Crippen LogP contribution in [0.15, 0.2) is 100 Å². The van der Waals surface area contributed by atoms with Crippen molar-refractivity contribution in [1.29, 1.82) is 0 Å². The number of carbonyl (C=O) groups is 1. The van der Waals surface area contributed by atoms with Crippen molar-refractivity contribution in [2.45, 2.75) is 68.8 Å². The summed E-state index contributed by atoms with van der Waals surface area (Å²) in [4.78, 5) is 23.2. The first-order valence-electron chi connectivity index (χ1n) is 23.2. The number of aryl methyl sites for hydroxylation is 1. The highest BCUT2D eigenvalue weighted by Crippen LogP contribution is 2.44. The van der Waals surface area contributed by atoms with Crippen molar-refractivity contribution in [3.05, 3.63) is 134 Å². The number of rotatable bonds is 5. The summed E-state index contributed by atoms with van der Waals surface area (Å²) in [5.41, 5.74) is 9.22. The van der Waals surface area contributed by atoms with Crippen LogP contribution >= 0.6 is 31.9 Å². The number of aliphatic hydroxyl groups excluding tert-OH is 1. The largest absolute Gasteiger partial charge is 0.433 e. The van der Waals surface area contributed by atoms with E-state index in [0.717, 1.165) is 126 Å². The maximum Gasteiger partial charge on any atom is 0.433 e. The van der Waals surface area contributed by atoms with Gasteiger partial charge in [-0.05, 0) is 78.2 Å². The number of carbonyl (C=O) groups excluding carboxylic acids is 1. The second kappa shape index (κ2) is 21.4. The molecule has 0 saturated carbocycles. The highest BCUT2D eigenvalue weighted by atomic mass is 79.9.